The zero-order valence-electron chi connectivity index (χ0n) is 6.37. The van der Waals surface area contributed by atoms with Crippen molar-refractivity contribution >= 4 is 5.90 Å². The van der Waals surface area contributed by atoms with Gasteiger partial charge in [-0.1, -0.05) is 13.8 Å². The van der Waals surface area contributed by atoms with E-state index in [1.165, 1.54) is 0 Å². The maximum atomic E-state index is 8.61. The summed E-state index contributed by atoms with van der Waals surface area (Å²) in [6, 6.07) is 0.252. The lowest BCUT2D eigenvalue weighted by Gasteiger charge is -2.06. The van der Waals surface area contributed by atoms with Gasteiger partial charge in [0.15, 0.2) is 0 Å². The van der Waals surface area contributed by atoms with Crippen molar-refractivity contribution in [2.24, 2.45) is 10.9 Å². The van der Waals surface area contributed by atoms with Crippen molar-refractivity contribution in [1.82, 2.24) is 0 Å². The van der Waals surface area contributed by atoms with Gasteiger partial charge in [0.25, 0.3) is 0 Å². The average Bonchev–Trinajstić information content (AvgIpc) is 2.34. The first kappa shape index (κ1) is 7.54. The number of hydrogen-bond acceptors (Lipinski definition) is 3. The highest BCUT2D eigenvalue weighted by Crippen LogP contribution is 2.12. The van der Waals surface area contributed by atoms with Crippen molar-refractivity contribution in [3.8, 4) is 0 Å². The Kier molecular flexibility index (Phi) is 2.27. The monoisotopic (exact) mass is 143 g/mol. The van der Waals surface area contributed by atoms with Crippen LogP contribution in [0.3, 0.4) is 0 Å². The van der Waals surface area contributed by atoms with Crippen LogP contribution in [0.25, 0.3) is 0 Å². The van der Waals surface area contributed by atoms with Gasteiger partial charge >= 0.3 is 0 Å². The van der Waals surface area contributed by atoms with Gasteiger partial charge in [0.2, 0.25) is 5.90 Å². The normalized spacial score (nSPS) is 24.8. The van der Waals surface area contributed by atoms with E-state index in [0.717, 1.165) is 0 Å². The summed E-state index contributed by atoms with van der Waals surface area (Å²) in [7, 11) is 0. The largest absolute Gasteiger partial charge is 0.477 e. The molecule has 0 aromatic carbocycles. The minimum atomic E-state index is -0.0663. The van der Waals surface area contributed by atoms with Crippen molar-refractivity contribution in [2.75, 3.05) is 13.2 Å². The maximum Gasteiger partial charge on any atom is 0.210 e. The van der Waals surface area contributed by atoms with Gasteiger partial charge < -0.3 is 9.84 Å². The number of rotatable bonds is 2. The van der Waals surface area contributed by atoms with Crippen LogP contribution in [-0.4, -0.2) is 30.3 Å². The second-order valence-corrected chi connectivity index (χ2v) is 2.80. The van der Waals surface area contributed by atoms with Crippen LogP contribution in [-0.2, 0) is 4.74 Å². The Hall–Kier alpha value is -0.570. The first-order chi connectivity index (χ1) is 4.74. The smallest absolute Gasteiger partial charge is 0.210 e. The molecule has 0 fully saturated rings. The molecule has 0 saturated heterocycles. The number of nitrogens with zero attached hydrogens (tertiary/aromatic N) is 1. The first-order valence-electron chi connectivity index (χ1n) is 3.54. The molecular formula is C7H13NO2. The highest BCUT2D eigenvalue weighted by molar-refractivity contribution is 5.78. The summed E-state index contributed by atoms with van der Waals surface area (Å²) in [6.45, 7) is 4.76. The molecule has 0 aliphatic carbocycles. The average molecular weight is 143 g/mol. The minimum absolute atomic E-state index is 0.0663. The summed E-state index contributed by atoms with van der Waals surface area (Å²) in [6.07, 6.45) is 0. The number of aliphatic hydroxyl groups excluding tert-OH is 1. The molecule has 0 aromatic rings. The molecule has 1 rings (SSSR count). The number of aliphatic imine (C=N–C) groups is 1. The van der Waals surface area contributed by atoms with Crippen LogP contribution in [0, 0.1) is 5.92 Å². The van der Waals surface area contributed by atoms with E-state index in [1.54, 1.807) is 0 Å². The SMILES string of the molecule is CC(C)[C@@H]1COC(CO)=N1. The van der Waals surface area contributed by atoms with E-state index in [4.69, 9.17) is 9.84 Å². The Bertz CT molecular complexity index is 143. The third-order valence-electron chi connectivity index (χ3n) is 1.64. The van der Waals surface area contributed by atoms with E-state index in [9.17, 15) is 0 Å². The molecule has 0 bridgehead atoms. The zero-order chi connectivity index (χ0) is 7.56. The van der Waals surface area contributed by atoms with E-state index < -0.39 is 0 Å². The number of hydrogen-bond donors (Lipinski definition) is 1. The summed E-state index contributed by atoms with van der Waals surface area (Å²) < 4.78 is 5.08. The topological polar surface area (TPSA) is 41.8 Å². The van der Waals surface area contributed by atoms with E-state index in [2.05, 4.69) is 18.8 Å². The molecule has 10 heavy (non-hydrogen) atoms. The third kappa shape index (κ3) is 1.48. The van der Waals surface area contributed by atoms with E-state index in [0.29, 0.717) is 18.4 Å². The molecule has 0 radical (unpaired) electrons. The van der Waals surface area contributed by atoms with Gasteiger partial charge in [0, 0.05) is 0 Å². The first-order valence-corrected chi connectivity index (χ1v) is 3.54. The van der Waals surface area contributed by atoms with Gasteiger partial charge in [-0.2, -0.15) is 0 Å². The predicted molar refractivity (Wildman–Crippen MR) is 39.1 cm³/mol. The zero-order valence-corrected chi connectivity index (χ0v) is 6.37. The summed E-state index contributed by atoms with van der Waals surface area (Å²) in [4.78, 5) is 4.15. The van der Waals surface area contributed by atoms with Crippen LogP contribution in [0.5, 0.6) is 0 Å². The van der Waals surface area contributed by atoms with Crippen LogP contribution in [0.4, 0.5) is 0 Å². The van der Waals surface area contributed by atoms with Gasteiger partial charge in [0.05, 0.1) is 6.04 Å². The molecule has 1 aliphatic rings. The van der Waals surface area contributed by atoms with E-state index >= 15 is 0 Å². The van der Waals surface area contributed by atoms with Gasteiger partial charge in [-0.05, 0) is 5.92 Å². The predicted octanol–water partition coefficient (Wildman–Crippen LogP) is 0.432. The highest BCUT2D eigenvalue weighted by Gasteiger charge is 2.20. The molecule has 1 N–H and O–H groups in total. The lowest BCUT2D eigenvalue weighted by Crippen LogP contribution is -2.13. The molecule has 0 spiro atoms. The van der Waals surface area contributed by atoms with Crippen molar-refractivity contribution in [3.05, 3.63) is 0 Å². The van der Waals surface area contributed by atoms with Crippen LogP contribution < -0.4 is 0 Å². The van der Waals surface area contributed by atoms with E-state index in [1.807, 2.05) is 0 Å². The Balaban J connectivity index is 2.47. The van der Waals surface area contributed by atoms with Gasteiger partial charge in [0.1, 0.15) is 13.2 Å². The van der Waals surface area contributed by atoms with Crippen LogP contribution in [0.15, 0.2) is 4.99 Å². The fraction of sp³-hybridized carbons (Fsp3) is 0.857. The Morgan fingerprint density at radius 3 is 2.80 bits per heavy atom. The lowest BCUT2D eigenvalue weighted by atomic mass is 10.1. The highest BCUT2D eigenvalue weighted by atomic mass is 16.5. The molecule has 0 aromatic heterocycles. The van der Waals surface area contributed by atoms with Crippen molar-refractivity contribution in [2.45, 2.75) is 19.9 Å². The van der Waals surface area contributed by atoms with Gasteiger partial charge in [-0.3, -0.25) is 0 Å². The van der Waals surface area contributed by atoms with E-state index in [-0.39, 0.29) is 12.6 Å². The summed E-state index contributed by atoms with van der Waals surface area (Å²) >= 11 is 0. The molecule has 0 unspecified atom stereocenters. The molecule has 58 valence electrons. The van der Waals surface area contributed by atoms with Gasteiger partial charge in [-0.25, -0.2) is 4.99 Å². The number of ether oxygens (including phenoxy) is 1. The van der Waals surface area contributed by atoms with Crippen LogP contribution >= 0.6 is 0 Å². The van der Waals surface area contributed by atoms with Crippen LogP contribution in [0.2, 0.25) is 0 Å². The van der Waals surface area contributed by atoms with Gasteiger partial charge in [-0.15, -0.1) is 0 Å². The van der Waals surface area contributed by atoms with Crippen molar-refractivity contribution < 1.29 is 9.84 Å². The second-order valence-electron chi connectivity index (χ2n) is 2.80. The molecule has 1 atom stereocenters. The summed E-state index contributed by atoms with van der Waals surface area (Å²) in [5.41, 5.74) is 0. The van der Waals surface area contributed by atoms with Crippen molar-refractivity contribution in [3.63, 3.8) is 0 Å². The molecule has 0 saturated carbocycles. The third-order valence-corrected chi connectivity index (χ3v) is 1.64. The Morgan fingerprint density at radius 2 is 2.50 bits per heavy atom. The minimum Gasteiger partial charge on any atom is -0.477 e. The Labute approximate surface area is 60.7 Å². The standard InChI is InChI=1S/C7H13NO2/c1-5(2)6-4-10-7(3-9)8-6/h5-6,9H,3-4H2,1-2H3/t6-/m0/s1. The molecule has 3 nitrogen and oxygen atoms in total. The molecule has 3 heteroatoms. The fourth-order valence-corrected chi connectivity index (χ4v) is 0.869. The van der Waals surface area contributed by atoms with Crippen molar-refractivity contribution in [1.29, 1.82) is 0 Å². The molecule has 1 heterocycles. The second kappa shape index (κ2) is 3.01. The summed E-state index contributed by atoms with van der Waals surface area (Å²) in [5.74, 6) is 0.989. The molecule has 1 aliphatic heterocycles. The summed E-state index contributed by atoms with van der Waals surface area (Å²) in [5, 5.41) is 8.61. The lowest BCUT2D eigenvalue weighted by molar-refractivity contribution is 0.257. The Morgan fingerprint density at radius 1 is 1.80 bits per heavy atom. The maximum absolute atomic E-state index is 8.61. The van der Waals surface area contributed by atoms with Crippen LogP contribution in [0.1, 0.15) is 13.8 Å². The quantitative estimate of drug-likeness (QED) is 0.609. The molecular weight excluding hydrogens is 130 g/mol. The fourth-order valence-electron chi connectivity index (χ4n) is 0.869. The molecule has 0 amide bonds. The number of aliphatic hydroxyl groups is 1.